The van der Waals surface area contributed by atoms with Crippen LogP contribution in [0.3, 0.4) is 0 Å². The van der Waals surface area contributed by atoms with Gasteiger partial charge >= 0.3 is 0 Å². The molecule has 2 nitrogen and oxygen atoms in total. The zero-order valence-corrected chi connectivity index (χ0v) is 13.0. The van der Waals surface area contributed by atoms with Crippen molar-refractivity contribution in [2.75, 3.05) is 14.2 Å². The zero-order chi connectivity index (χ0) is 13.8. The Bertz CT molecular complexity index is 393. The van der Waals surface area contributed by atoms with Gasteiger partial charge in [0.2, 0.25) is 0 Å². The van der Waals surface area contributed by atoms with Gasteiger partial charge in [-0.3, -0.25) is 0 Å². The Balaban J connectivity index is 2.95. The van der Waals surface area contributed by atoms with Crippen molar-refractivity contribution in [1.29, 1.82) is 0 Å². The second kappa shape index (κ2) is 6.64. The minimum atomic E-state index is -0.263. The van der Waals surface area contributed by atoms with Crippen LogP contribution < -0.4 is 5.32 Å². The van der Waals surface area contributed by atoms with Crippen LogP contribution >= 0.6 is 15.9 Å². The van der Waals surface area contributed by atoms with Gasteiger partial charge in [0, 0.05) is 17.6 Å². The van der Waals surface area contributed by atoms with E-state index in [1.54, 1.807) is 19.2 Å². The van der Waals surface area contributed by atoms with Gasteiger partial charge in [0.1, 0.15) is 5.82 Å². The van der Waals surface area contributed by atoms with Crippen molar-refractivity contribution >= 4 is 15.9 Å². The lowest BCUT2D eigenvalue weighted by atomic mass is 9.88. The van der Waals surface area contributed by atoms with E-state index >= 15 is 0 Å². The summed E-state index contributed by atoms with van der Waals surface area (Å²) in [4.78, 5) is 0. The number of rotatable bonds is 6. The number of benzene rings is 1. The van der Waals surface area contributed by atoms with Gasteiger partial charge in [-0.1, -0.05) is 22.9 Å². The average Bonchev–Trinajstić information content (AvgIpc) is 2.38. The highest BCUT2D eigenvalue weighted by Crippen LogP contribution is 2.26. The molecule has 4 heteroatoms. The summed E-state index contributed by atoms with van der Waals surface area (Å²) >= 11 is 3.46. The molecule has 0 spiro atoms. The molecular weight excluding hydrogens is 297 g/mol. The summed E-state index contributed by atoms with van der Waals surface area (Å²) in [6.07, 6.45) is 1.61. The lowest BCUT2D eigenvalue weighted by molar-refractivity contribution is -0.0269. The van der Waals surface area contributed by atoms with Gasteiger partial charge in [0.05, 0.1) is 5.60 Å². The average molecular weight is 318 g/mol. The molecule has 0 aliphatic rings. The van der Waals surface area contributed by atoms with E-state index in [0.29, 0.717) is 6.42 Å². The fraction of sp³-hybridized carbons (Fsp3) is 0.571. The number of nitrogens with one attached hydrogen (secondary N) is 1. The van der Waals surface area contributed by atoms with Gasteiger partial charge in [0.15, 0.2) is 0 Å². The molecule has 1 aromatic carbocycles. The molecule has 2 unspecified atom stereocenters. The van der Waals surface area contributed by atoms with Crippen LogP contribution in [0.4, 0.5) is 4.39 Å². The fourth-order valence-corrected chi connectivity index (χ4v) is 2.48. The normalized spacial score (nSPS) is 16.3. The Morgan fingerprint density at radius 1 is 1.50 bits per heavy atom. The first kappa shape index (κ1) is 15.6. The van der Waals surface area contributed by atoms with Crippen LogP contribution in [0.5, 0.6) is 0 Å². The maximum Gasteiger partial charge on any atom is 0.123 e. The molecule has 0 aliphatic carbocycles. The highest BCUT2D eigenvalue weighted by Gasteiger charge is 2.31. The summed E-state index contributed by atoms with van der Waals surface area (Å²) in [5.41, 5.74) is 0.687. The molecule has 0 amide bonds. The minimum Gasteiger partial charge on any atom is -0.377 e. The van der Waals surface area contributed by atoms with Crippen LogP contribution in [0.25, 0.3) is 0 Å². The minimum absolute atomic E-state index is 0.130. The van der Waals surface area contributed by atoms with Crippen LogP contribution in [0.15, 0.2) is 22.7 Å². The second-order valence-corrected chi connectivity index (χ2v) is 5.51. The molecule has 1 aromatic rings. The van der Waals surface area contributed by atoms with Crippen LogP contribution in [-0.4, -0.2) is 25.8 Å². The van der Waals surface area contributed by atoms with Gasteiger partial charge in [-0.2, -0.15) is 0 Å². The van der Waals surface area contributed by atoms with Crippen LogP contribution in [-0.2, 0) is 11.2 Å². The third-order valence-corrected chi connectivity index (χ3v) is 4.46. The van der Waals surface area contributed by atoms with Crippen molar-refractivity contribution in [3.8, 4) is 0 Å². The zero-order valence-electron chi connectivity index (χ0n) is 11.4. The van der Waals surface area contributed by atoms with Crippen molar-refractivity contribution in [3.63, 3.8) is 0 Å². The van der Waals surface area contributed by atoms with Gasteiger partial charge in [-0.05, 0) is 50.6 Å². The van der Waals surface area contributed by atoms with Gasteiger partial charge in [-0.15, -0.1) is 0 Å². The first-order chi connectivity index (χ1) is 8.46. The molecule has 1 rings (SSSR count). The first-order valence-electron chi connectivity index (χ1n) is 6.13. The number of ether oxygens (including phenoxy) is 1. The molecule has 0 saturated carbocycles. The number of likely N-dealkylation sites (N-methyl/N-ethyl adjacent to an activating group) is 1. The maximum absolute atomic E-state index is 13.3. The summed E-state index contributed by atoms with van der Waals surface area (Å²) in [6, 6.07) is 4.90. The molecule has 0 fully saturated rings. The van der Waals surface area contributed by atoms with Crippen molar-refractivity contribution in [3.05, 3.63) is 34.1 Å². The van der Waals surface area contributed by atoms with Crippen molar-refractivity contribution in [1.82, 2.24) is 5.32 Å². The van der Waals surface area contributed by atoms with Crippen molar-refractivity contribution < 1.29 is 9.13 Å². The monoisotopic (exact) mass is 317 g/mol. The summed E-state index contributed by atoms with van der Waals surface area (Å²) in [6.45, 7) is 4.16. The maximum atomic E-state index is 13.3. The van der Waals surface area contributed by atoms with E-state index in [1.165, 1.54) is 6.07 Å². The highest BCUT2D eigenvalue weighted by molar-refractivity contribution is 9.10. The molecule has 0 saturated heterocycles. The Morgan fingerprint density at radius 3 is 2.67 bits per heavy atom. The first-order valence-corrected chi connectivity index (χ1v) is 6.92. The Morgan fingerprint density at radius 2 is 2.17 bits per heavy atom. The Labute approximate surface area is 117 Å². The molecule has 0 aromatic heterocycles. The highest BCUT2D eigenvalue weighted by atomic mass is 79.9. The molecule has 0 heterocycles. The fourth-order valence-electron chi connectivity index (χ4n) is 2.08. The molecule has 1 N–H and O–H groups in total. The van der Waals surface area contributed by atoms with E-state index in [1.807, 2.05) is 7.05 Å². The Hall–Kier alpha value is -0.450. The molecule has 0 aliphatic heterocycles. The SMILES string of the molecule is CCC(C)(OC)C(Cc1cc(F)ccc1Br)NC. The molecule has 0 radical (unpaired) electrons. The molecular formula is C14H21BrFNO. The summed E-state index contributed by atoms with van der Waals surface area (Å²) in [7, 11) is 3.62. The number of hydrogen-bond acceptors (Lipinski definition) is 2. The lowest BCUT2D eigenvalue weighted by Crippen LogP contribution is -2.49. The van der Waals surface area contributed by atoms with E-state index in [2.05, 4.69) is 35.1 Å². The van der Waals surface area contributed by atoms with Crippen molar-refractivity contribution in [2.24, 2.45) is 0 Å². The van der Waals surface area contributed by atoms with Gasteiger partial charge < -0.3 is 10.1 Å². The predicted molar refractivity (Wildman–Crippen MR) is 76.4 cm³/mol. The lowest BCUT2D eigenvalue weighted by Gasteiger charge is -2.36. The number of halogens is 2. The van der Waals surface area contributed by atoms with Crippen LogP contribution in [0.1, 0.15) is 25.8 Å². The third-order valence-electron chi connectivity index (χ3n) is 3.69. The van der Waals surface area contributed by atoms with Crippen molar-refractivity contribution in [2.45, 2.75) is 38.3 Å². The predicted octanol–water partition coefficient (Wildman–Crippen LogP) is 3.53. The summed E-state index contributed by atoms with van der Waals surface area (Å²) < 4.78 is 19.8. The standard InChI is InChI=1S/C14H21BrFNO/c1-5-14(2,18-4)13(17-3)9-10-8-11(16)6-7-12(10)15/h6-8,13,17H,5,9H2,1-4H3. The van der Waals surface area contributed by atoms with E-state index in [9.17, 15) is 4.39 Å². The van der Waals surface area contributed by atoms with E-state index in [4.69, 9.17) is 4.74 Å². The third kappa shape index (κ3) is 3.53. The van der Waals surface area contributed by atoms with E-state index in [-0.39, 0.29) is 17.5 Å². The van der Waals surface area contributed by atoms with Crippen LogP contribution in [0, 0.1) is 5.82 Å². The van der Waals surface area contributed by atoms with Gasteiger partial charge in [0.25, 0.3) is 0 Å². The van der Waals surface area contributed by atoms with Crippen LogP contribution in [0.2, 0.25) is 0 Å². The molecule has 102 valence electrons. The number of methoxy groups -OCH3 is 1. The topological polar surface area (TPSA) is 21.3 Å². The van der Waals surface area contributed by atoms with E-state index < -0.39 is 0 Å². The smallest absolute Gasteiger partial charge is 0.123 e. The Kier molecular flexibility index (Phi) is 5.76. The van der Waals surface area contributed by atoms with E-state index in [0.717, 1.165) is 16.5 Å². The largest absolute Gasteiger partial charge is 0.377 e. The second-order valence-electron chi connectivity index (χ2n) is 4.65. The molecule has 18 heavy (non-hydrogen) atoms. The molecule has 2 atom stereocenters. The number of hydrogen-bond donors (Lipinski definition) is 1. The van der Waals surface area contributed by atoms with Gasteiger partial charge in [-0.25, -0.2) is 4.39 Å². The summed E-state index contributed by atoms with van der Waals surface area (Å²) in [5.74, 6) is -0.210. The quantitative estimate of drug-likeness (QED) is 0.866. The summed E-state index contributed by atoms with van der Waals surface area (Å²) in [5, 5.41) is 3.27. The molecule has 0 bridgehead atoms.